The molecule has 3 aromatic rings. The lowest BCUT2D eigenvalue weighted by Crippen LogP contribution is -1.80. The van der Waals surface area contributed by atoms with Gasteiger partial charge in [-0.05, 0) is 36.7 Å². The standard InChI is InChI=1S/C15H11N5/c1-3-10-16-12(6-1)18-14-8-5-9-15(20-14)19-13-7-2-4-11-17-13/h1-11H/q-2. The van der Waals surface area contributed by atoms with E-state index in [2.05, 4.69) is 25.6 Å². The summed E-state index contributed by atoms with van der Waals surface area (Å²) in [5.74, 6) is 2.38. The van der Waals surface area contributed by atoms with Crippen LogP contribution in [0.1, 0.15) is 0 Å². The summed E-state index contributed by atoms with van der Waals surface area (Å²) in [6, 6.07) is 16.6. The van der Waals surface area contributed by atoms with Gasteiger partial charge in [-0.1, -0.05) is 30.3 Å². The van der Waals surface area contributed by atoms with Crippen molar-refractivity contribution < 1.29 is 0 Å². The average molecular weight is 261 g/mol. The van der Waals surface area contributed by atoms with Crippen molar-refractivity contribution in [2.24, 2.45) is 0 Å². The molecule has 0 fully saturated rings. The molecule has 3 heterocycles. The van der Waals surface area contributed by atoms with Crippen molar-refractivity contribution >= 4 is 23.3 Å². The molecule has 0 saturated heterocycles. The van der Waals surface area contributed by atoms with Crippen LogP contribution in [-0.2, 0) is 0 Å². The summed E-state index contributed by atoms with van der Waals surface area (Å²) in [5.41, 5.74) is 0. The second-order valence-corrected chi connectivity index (χ2v) is 3.95. The van der Waals surface area contributed by atoms with Gasteiger partial charge in [0, 0.05) is 23.3 Å². The van der Waals surface area contributed by atoms with Gasteiger partial charge in [0.25, 0.3) is 0 Å². The molecule has 0 aromatic carbocycles. The lowest BCUT2D eigenvalue weighted by atomic mass is 10.4. The Labute approximate surface area is 116 Å². The fourth-order valence-electron chi connectivity index (χ4n) is 1.61. The van der Waals surface area contributed by atoms with Crippen molar-refractivity contribution in [1.82, 2.24) is 15.0 Å². The minimum atomic E-state index is 0.570. The number of aromatic nitrogens is 3. The number of pyridine rings is 3. The highest BCUT2D eigenvalue weighted by Gasteiger charge is 1.91. The summed E-state index contributed by atoms with van der Waals surface area (Å²) in [6.45, 7) is 0. The first-order chi connectivity index (χ1) is 9.90. The molecule has 0 atom stereocenters. The van der Waals surface area contributed by atoms with Gasteiger partial charge in [-0.25, -0.2) is 0 Å². The predicted molar refractivity (Wildman–Crippen MR) is 78.1 cm³/mol. The zero-order valence-electron chi connectivity index (χ0n) is 10.6. The third kappa shape index (κ3) is 3.08. The van der Waals surface area contributed by atoms with Gasteiger partial charge in [0.1, 0.15) is 0 Å². The lowest BCUT2D eigenvalue weighted by Gasteiger charge is -2.16. The van der Waals surface area contributed by atoms with E-state index >= 15 is 0 Å². The van der Waals surface area contributed by atoms with Crippen molar-refractivity contribution in [2.45, 2.75) is 0 Å². The molecule has 0 radical (unpaired) electrons. The predicted octanol–water partition coefficient (Wildman–Crippen LogP) is 4.55. The molecule has 0 N–H and O–H groups in total. The Morgan fingerprint density at radius 2 is 1.05 bits per heavy atom. The van der Waals surface area contributed by atoms with Crippen LogP contribution in [0.2, 0.25) is 0 Å². The zero-order chi connectivity index (χ0) is 13.6. The van der Waals surface area contributed by atoms with Gasteiger partial charge in [-0.15, -0.1) is 0 Å². The van der Waals surface area contributed by atoms with Gasteiger partial charge in [0.05, 0.1) is 0 Å². The highest BCUT2D eigenvalue weighted by Crippen LogP contribution is 2.31. The maximum absolute atomic E-state index is 4.35. The minimum absolute atomic E-state index is 0.570. The Bertz CT molecular complexity index is 613. The van der Waals surface area contributed by atoms with Crippen LogP contribution in [0.5, 0.6) is 0 Å². The van der Waals surface area contributed by atoms with Crippen molar-refractivity contribution in [3.63, 3.8) is 0 Å². The summed E-state index contributed by atoms with van der Waals surface area (Å²) in [6.07, 6.45) is 3.39. The molecule has 0 aliphatic carbocycles. The largest absolute Gasteiger partial charge is 0.369 e. The van der Waals surface area contributed by atoms with Crippen molar-refractivity contribution in [2.75, 3.05) is 0 Å². The van der Waals surface area contributed by atoms with Crippen molar-refractivity contribution in [1.29, 1.82) is 0 Å². The summed E-state index contributed by atoms with van der Waals surface area (Å²) in [4.78, 5) is 12.6. The third-order valence-corrected chi connectivity index (χ3v) is 2.48. The molecule has 3 aromatic heterocycles. The Morgan fingerprint density at radius 1 is 0.550 bits per heavy atom. The molecular weight excluding hydrogens is 250 g/mol. The second-order valence-electron chi connectivity index (χ2n) is 3.95. The third-order valence-electron chi connectivity index (χ3n) is 2.48. The zero-order valence-corrected chi connectivity index (χ0v) is 10.6. The van der Waals surface area contributed by atoms with Crippen LogP contribution >= 0.6 is 0 Å². The smallest absolute Gasteiger partial charge is 0.0104 e. The molecule has 0 bridgehead atoms. The quantitative estimate of drug-likeness (QED) is 0.692. The van der Waals surface area contributed by atoms with E-state index in [1.807, 2.05) is 54.6 Å². The van der Waals surface area contributed by atoms with Crippen LogP contribution in [0.25, 0.3) is 10.6 Å². The molecule has 0 aliphatic rings. The Balaban J connectivity index is 1.76. The maximum atomic E-state index is 4.35. The van der Waals surface area contributed by atoms with E-state index in [0.29, 0.717) is 23.3 Å². The molecule has 20 heavy (non-hydrogen) atoms. The number of rotatable bonds is 4. The van der Waals surface area contributed by atoms with Gasteiger partial charge >= 0.3 is 0 Å². The van der Waals surface area contributed by atoms with Crippen LogP contribution in [0.3, 0.4) is 0 Å². The maximum Gasteiger partial charge on any atom is 0.0104 e. The van der Waals surface area contributed by atoms with E-state index in [4.69, 9.17) is 0 Å². The van der Waals surface area contributed by atoms with Crippen LogP contribution in [-0.4, -0.2) is 15.0 Å². The molecule has 0 aliphatic heterocycles. The van der Waals surface area contributed by atoms with E-state index in [0.717, 1.165) is 0 Å². The van der Waals surface area contributed by atoms with Gasteiger partial charge in [-0.3, -0.25) is 0 Å². The van der Waals surface area contributed by atoms with Gasteiger partial charge in [-0.2, -0.15) is 0 Å². The molecule has 98 valence electrons. The Hall–Kier alpha value is -2.95. The van der Waals surface area contributed by atoms with E-state index in [1.54, 1.807) is 12.4 Å². The highest BCUT2D eigenvalue weighted by atomic mass is 15.1. The number of hydrogen-bond acceptors (Lipinski definition) is 3. The first-order valence-corrected chi connectivity index (χ1v) is 6.13. The van der Waals surface area contributed by atoms with Gasteiger partial charge in [0.15, 0.2) is 0 Å². The number of nitrogens with zero attached hydrogens (tertiary/aromatic N) is 5. The summed E-state index contributed by atoms with van der Waals surface area (Å²) < 4.78 is 0. The molecule has 0 amide bonds. The number of hydrogen-bond donors (Lipinski definition) is 0. The van der Waals surface area contributed by atoms with E-state index in [1.165, 1.54) is 0 Å². The highest BCUT2D eigenvalue weighted by molar-refractivity contribution is 5.64. The average Bonchev–Trinajstić information content (AvgIpc) is 2.50. The first kappa shape index (κ1) is 12.1. The van der Waals surface area contributed by atoms with E-state index in [-0.39, 0.29) is 0 Å². The molecule has 0 saturated carbocycles. The fraction of sp³-hybridized carbons (Fsp3) is 0. The Kier molecular flexibility index (Phi) is 3.51. The molecular formula is C15H11N5-2. The monoisotopic (exact) mass is 261 g/mol. The molecule has 5 heteroatoms. The molecule has 0 unspecified atom stereocenters. The summed E-state index contributed by atoms with van der Waals surface area (Å²) in [7, 11) is 0. The van der Waals surface area contributed by atoms with Crippen molar-refractivity contribution in [3.8, 4) is 0 Å². The van der Waals surface area contributed by atoms with Crippen LogP contribution < -0.4 is 0 Å². The van der Waals surface area contributed by atoms with Crippen LogP contribution in [0, 0.1) is 0 Å². The second kappa shape index (κ2) is 5.79. The normalized spacial score (nSPS) is 10.0. The van der Waals surface area contributed by atoms with E-state index < -0.39 is 0 Å². The summed E-state index contributed by atoms with van der Waals surface area (Å²) in [5, 5.41) is 8.68. The van der Waals surface area contributed by atoms with E-state index in [9.17, 15) is 0 Å². The minimum Gasteiger partial charge on any atom is -0.369 e. The topological polar surface area (TPSA) is 66.9 Å². The fourth-order valence-corrected chi connectivity index (χ4v) is 1.61. The van der Waals surface area contributed by atoms with Crippen LogP contribution in [0.4, 0.5) is 23.3 Å². The lowest BCUT2D eigenvalue weighted by molar-refractivity contribution is 1.28. The Morgan fingerprint density at radius 3 is 1.50 bits per heavy atom. The molecule has 0 spiro atoms. The SMILES string of the molecule is c1ccc([N-]c2cccc([N-]c3ccccn3)n2)nc1. The molecule has 3 rings (SSSR count). The van der Waals surface area contributed by atoms with Crippen molar-refractivity contribution in [3.05, 3.63) is 77.6 Å². The van der Waals surface area contributed by atoms with Gasteiger partial charge < -0.3 is 25.6 Å². The van der Waals surface area contributed by atoms with Gasteiger partial charge in [0.2, 0.25) is 0 Å². The van der Waals surface area contributed by atoms with Crippen LogP contribution in [0.15, 0.2) is 67.0 Å². The summed E-state index contributed by atoms with van der Waals surface area (Å²) >= 11 is 0. The molecule has 5 nitrogen and oxygen atoms in total. The first-order valence-electron chi connectivity index (χ1n) is 6.13.